The number of likely N-dealkylation sites (N-methyl/N-ethyl adjacent to an activating group) is 1. The van der Waals surface area contributed by atoms with Gasteiger partial charge in [-0.1, -0.05) is 159 Å². The number of rotatable bonds is 43. The summed E-state index contributed by atoms with van der Waals surface area (Å²) in [5.74, 6) is -1.45. The maximum absolute atomic E-state index is 12.8. The number of esters is 2. The minimum Gasteiger partial charge on any atom is -0.756 e. The van der Waals surface area contributed by atoms with Crippen molar-refractivity contribution in [3.05, 3.63) is 36.5 Å². The number of unbranched alkanes of at least 4 members (excludes halogenated alkanes) is 20. The van der Waals surface area contributed by atoms with Crippen LogP contribution in [0.25, 0.3) is 0 Å². The molecular weight excluding hydrogens is 846 g/mol. The Morgan fingerprint density at radius 3 is 1.80 bits per heavy atom. The van der Waals surface area contributed by atoms with Crippen molar-refractivity contribution in [1.82, 2.24) is 0 Å². The summed E-state index contributed by atoms with van der Waals surface area (Å²) < 4.78 is 34.0. The number of quaternary nitrogens is 1. The van der Waals surface area contributed by atoms with E-state index in [4.69, 9.17) is 18.5 Å². The molecule has 1 unspecified atom stereocenters. The molecule has 0 aromatic heterocycles. The van der Waals surface area contributed by atoms with Gasteiger partial charge in [-0.3, -0.25) is 14.2 Å². The van der Waals surface area contributed by atoms with E-state index in [2.05, 4.69) is 26.0 Å². The van der Waals surface area contributed by atoms with Crippen molar-refractivity contribution >= 4 is 19.8 Å². The Hall–Kier alpha value is -1.89. The molecule has 1 fully saturated rings. The summed E-state index contributed by atoms with van der Waals surface area (Å²) >= 11 is 0. The van der Waals surface area contributed by atoms with E-state index in [1.807, 2.05) is 39.4 Å². The predicted octanol–water partition coefficient (Wildman–Crippen LogP) is 11.0. The second-order valence-corrected chi connectivity index (χ2v) is 20.9. The molecule has 0 aromatic carbocycles. The number of phosphoric acid groups is 1. The molecular formula is C52H96NO11P. The van der Waals surface area contributed by atoms with Crippen molar-refractivity contribution in [2.75, 3.05) is 47.5 Å². The lowest BCUT2D eigenvalue weighted by atomic mass is 9.89. The van der Waals surface area contributed by atoms with Crippen LogP contribution in [0.3, 0.4) is 0 Å². The molecule has 0 aromatic rings. The SMILES string of the molecule is CCCCCCCC/C=C\CCCCCCCCCCCCCC(=O)OC[C@H](COP(=O)([O-])OCC[N+](C)(C)C)OC(=O)CCC/C=C/C[C@@H]1[C@@H](/C=C/[C@@H](O)CCCCC)[C@H](O)C[C@@H]1O. The summed E-state index contributed by atoms with van der Waals surface area (Å²) in [6.07, 6.45) is 38.4. The number of ether oxygens (including phenoxy) is 2. The van der Waals surface area contributed by atoms with E-state index in [1.165, 1.54) is 96.3 Å². The van der Waals surface area contributed by atoms with Gasteiger partial charge in [0.1, 0.15) is 19.8 Å². The van der Waals surface area contributed by atoms with Crippen molar-refractivity contribution in [3.8, 4) is 0 Å². The van der Waals surface area contributed by atoms with Crippen LogP contribution in [-0.4, -0.2) is 104 Å². The van der Waals surface area contributed by atoms with Crippen LogP contribution in [0.1, 0.15) is 200 Å². The van der Waals surface area contributed by atoms with Gasteiger partial charge in [-0.25, -0.2) is 0 Å². The van der Waals surface area contributed by atoms with Crippen LogP contribution in [0.15, 0.2) is 36.5 Å². The van der Waals surface area contributed by atoms with E-state index < -0.39 is 50.8 Å². The highest BCUT2D eigenvalue weighted by Crippen LogP contribution is 2.39. The molecule has 0 heterocycles. The number of aliphatic hydroxyl groups excluding tert-OH is 3. The van der Waals surface area contributed by atoms with Crippen LogP contribution in [0.2, 0.25) is 0 Å². The summed E-state index contributed by atoms with van der Waals surface area (Å²) in [4.78, 5) is 37.9. The number of carbonyl (C=O) groups excluding carboxylic acids is 2. The minimum atomic E-state index is -4.70. The number of nitrogens with zero attached hydrogens (tertiary/aromatic N) is 1. The summed E-state index contributed by atoms with van der Waals surface area (Å²) in [5.41, 5.74) is 0. The normalized spacial score (nSPS) is 20.0. The van der Waals surface area contributed by atoms with Gasteiger partial charge in [-0.15, -0.1) is 0 Å². The summed E-state index contributed by atoms with van der Waals surface area (Å²) in [5, 5.41) is 31.4. The Morgan fingerprint density at radius 1 is 0.677 bits per heavy atom. The molecule has 7 atom stereocenters. The zero-order valence-corrected chi connectivity index (χ0v) is 42.7. The van der Waals surface area contributed by atoms with Crippen LogP contribution in [0.5, 0.6) is 0 Å². The van der Waals surface area contributed by atoms with Crippen LogP contribution in [0, 0.1) is 11.8 Å². The Labute approximate surface area is 396 Å². The fourth-order valence-electron chi connectivity index (χ4n) is 8.06. The quantitative estimate of drug-likeness (QED) is 0.0175. The van der Waals surface area contributed by atoms with Gasteiger partial charge in [0.05, 0.1) is 46.1 Å². The molecule has 0 radical (unpaired) electrons. The Kier molecular flexibility index (Phi) is 36.7. The molecule has 1 rings (SSSR count). The lowest BCUT2D eigenvalue weighted by Gasteiger charge is -2.28. The van der Waals surface area contributed by atoms with Crippen molar-refractivity contribution in [2.24, 2.45) is 11.8 Å². The Morgan fingerprint density at radius 2 is 1.20 bits per heavy atom. The van der Waals surface area contributed by atoms with E-state index in [0.29, 0.717) is 43.1 Å². The first kappa shape index (κ1) is 61.1. The van der Waals surface area contributed by atoms with E-state index in [1.54, 1.807) is 6.08 Å². The van der Waals surface area contributed by atoms with Crippen molar-refractivity contribution in [2.45, 2.75) is 224 Å². The van der Waals surface area contributed by atoms with Crippen LogP contribution in [0.4, 0.5) is 0 Å². The predicted molar refractivity (Wildman–Crippen MR) is 261 cm³/mol. The van der Waals surface area contributed by atoms with Crippen molar-refractivity contribution < 1.29 is 57.4 Å². The smallest absolute Gasteiger partial charge is 0.306 e. The highest BCUT2D eigenvalue weighted by atomic mass is 31.2. The summed E-state index contributed by atoms with van der Waals surface area (Å²) in [7, 11) is 1.02. The highest BCUT2D eigenvalue weighted by Gasteiger charge is 2.39. The molecule has 65 heavy (non-hydrogen) atoms. The van der Waals surface area contributed by atoms with E-state index in [0.717, 1.165) is 38.5 Å². The van der Waals surface area contributed by atoms with Gasteiger partial charge >= 0.3 is 11.9 Å². The first-order chi connectivity index (χ1) is 31.2. The van der Waals surface area contributed by atoms with E-state index in [9.17, 15) is 34.4 Å². The fraction of sp³-hybridized carbons (Fsp3) is 0.846. The van der Waals surface area contributed by atoms with Gasteiger partial charge in [0.2, 0.25) is 0 Å². The molecule has 13 heteroatoms. The largest absolute Gasteiger partial charge is 0.756 e. The average Bonchev–Trinajstić information content (AvgIpc) is 3.52. The number of phosphoric ester groups is 1. The zero-order chi connectivity index (χ0) is 48.0. The molecule has 0 bridgehead atoms. The van der Waals surface area contributed by atoms with Gasteiger partial charge in [0.15, 0.2) is 6.10 Å². The van der Waals surface area contributed by atoms with E-state index >= 15 is 0 Å². The second-order valence-electron chi connectivity index (χ2n) is 19.5. The zero-order valence-electron chi connectivity index (χ0n) is 41.8. The number of carbonyl (C=O) groups is 2. The Balaban J connectivity index is 2.39. The fourth-order valence-corrected chi connectivity index (χ4v) is 8.78. The third-order valence-electron chi connectivity index (χ3n) is 12.2. The van der Waals surface area contributed by atoms with Crippen LogP contribution < -0.4 is 4.89 Å². The van der Waals surface area contributed by atoms with Gasteiger partial charge in [-0.2, -0.15) is 0 Å². The molecule has 0 spiro atoms. The molecule has 0 aliphatic heterocycles. The number of allylic oxidation sites excluding steroid dienone is 4. The third kappa shape index (κ3) is 35.9. The van der Waals surface area contributed by atoms with Gasteiger partial charge in [-0.05, 0) is 63.7 Å². The highest BCUT2D eigenvalue weighted by molar-refractivity contribution is 7.45. The number of hydrogen-bond donors (Lipinski definition) is 3. The van der Waals surface area contributed by atoms with Gasteiger partial charge < -0.3 is 43.2 Å². The molecule has 1 aliphatic rings. The monoisotopic (exact) mass is 942 g/mol. The lowest BCUT2D eigenvalue weighted by molar-refractivity contribution is -0.870. The van der Waals surface area contributed by atoms with Crippen LogP contribution in [-0.2, 0) is 32.7 Å². The van der Waals surface area contributed by atoms with Crippen LogP contribution >= 0.6 is 7.82 Å². The molecule has 380 valence electrons. The van der Waals surface area contributed by atoms with Crippen molar-refractivity contribution in [3.63, 3.8) is 0 Å². The van der Waals surface area contributed by atoms with E-state index in [-0.39, 0.29) is 44.3 Å². The molecule has 0 saturated heterocycles. The van der Waals surface area contributed by atoms with Gasteiger partial charge in [0, 0.05) is 25.2 Å². The maximum Gasteiger partial charge on any atom is 0.306 e. The molecule has 12 nitrogen and oxygen atoms in total. The maximum atomic E-state index is 12.8. The van der Waals surface area contributed by atoms with Crippen molar-refractivity contribution in [1.29, 1.82) is 0 Å². The first-order valence-electron chi connectivity index (χ1n) is 26.0. The summed E-state index contributed by atoms with van der Waals surface area (Å²) in [6.45, 7) is 3.86. The first-order valence-corrected chi connectivity index (χ1v) is 27.4. The summed E-state index contributed by atoms with van der Waals surface area (Å²) in [6, 6.07) is 0. The molecule has 0 amide bonds. The molecule has 3 N–H and O–H groups in total. The number of hydrogen-bond acceptors (Lipinski definition) is 11. The Bertz CT molecular complexity index is 1320. The lowest BCUT2D eigenvalue weighted by Crippen LogP contribution is -2.37. The topological polar surface area (TPSA) is 172 Å². The molecule has 1 aliphatic carbocycles. The second kappa shape index (κ2) is 39.0. The minimum absolute atomic E-state index is 0.0487. The molecule has 1 saturated carbocycles. The standard InChI is InChI=1S/C52H96NO11P/c1-6-8-10-11-12-13-14-15-16-17-18-19-20-21-22-23-24-25-26-27-32-36-51(57)61-43-46(44-63-65(59,60)62-41-40-53(3,4)5)64-52(58)37-33-29-28-31-35-47-48(50(56)42-49(47)55)39-38-45(54)34-30-9-7-2/h15-16,28,31,38-39,45-50,54-56H,6-14,17-27,29-30,32-37,40-44H2,1-5H3/b16-15-,31-28+,39-38+/t45-,46+,47+,48+,49-,50+/m0/s1. The number of aliphatic hydroxyl groups is 3. The van der Waals surface area contributed by atoms with Gasteiger partial charge in [0.25, 0.3) is 7.82 Å². The average molecular weight is 942 g/mol. The third-order valence-corrected chi connectivity index (χ3v) is 13.2.